The fourth-order valence-electron chi connectivity index (χ4n) is 20.0. The minimum Gasteiger partial charge on any atom is -0.309 e. The lowest BCUT2D eigenvalue weighted by atomic mass is 10.00. The second-order valence-electron chi connectivity index (χ2n) is 34.6. The van der Waals surface area contributed by atoms with E-state index in [1.807, 2.05) is 140 Å². The Bertz CT molecular complexity index is 9290. The number of hydrogen-bond donors (Lipinski definition) is 0. The molecule has 0 aliphatic heterocycles. The fraction of sp³-hybridized carbons (Fsp3) is 0.0690. The van der Waals surface area contributed by atoms with Crippen LogP contribution in [0.15, 0.2) is 353 Å². The summed E-state index contributed by atoms with van der Waals surface area (Å²) in [5.74, 6) is 0. The van der Waals surface area contributed by atoms with Crippen LogP contribution in [0.5, 0.6) is 0 Å². The number of nitriles is 3. The molecule has 24 aromatic rings. The molecule has 12 nitrogen and oxygen atoms in total. The molecular formula is C116H73F9N12. The zero-order chi connectivity index (χ0) is 94.4. The molecule has 0 aliphatic carbocycles. The number of nitrogens with zero attached hydrogens (tertiary/aromatic N) is 12. The summed E-state index contributed by atoms with van der Waals surface area (Å²) in [6, 6.07) is 104. The van der Waals surface area contributed by atoms with Crippen molar-refractivity contribution in [1.29, 1.82) is 15.8 Å². The molecule has 0 saturated heterocycles. The van der Waals surface area contributed by atoms with E-state index in [-0.39, 0.29) is 16.6 Å². The van der Waals surface area contributed by atoms with Gasteiger partial charge in [-0.1, -0.05) is 145 Å². The van der Waals surface area contributed by atoms with Crippen LogP contribution in [0, 0.1) is 68.6 Å². The molecule has 9 heterocycles. The molecule has 0 N–H and O–H groups in total. The van der Waals surface area contributed by atoms with Gasteiger partial charge >= 0.3 is 18.5 Å². The van der Waals surface area contributed by atoms with Crippen molar-refractivity contribution < 1.29 is 39.5 Å². The fourth-order valence-corrected chi connectivity index (χ4v) is 20.0. The van der Waals surface area contributed by atoms with Crippen LogP contribution in [0.2, 0.25) is 0 Å². The largest absolute Gasteiger partial charge is 0.416 e. The van der Waals surface area contributed by atoms with Gasteiger partial charge in [-0.3, -0.25) is 15.0 Å². The highest BCUT2D eigenvalue weighted by molar-refractivity contribution is 6.16. The number of aromatic nitrogens is 9. The summed E-state index contributed by atoms with van der Waals surface area (Å²) in [4.78, 5) is 12.7. The Morgan fingerprint density at radius 1 is 0.204 bits per heavy atom. The molecule has 24 rings (SSSR count). The van der Waals surface area contributed by atoms with Crippen molar-refractivity contribution in [2.45, 2.75) is 53.1 Å². The standard InChI is InChI=1S/C40H24F6N4.C38H23F3N4.C38H26N4/c1-22-3-7-28-30-9-5-26(39(41,42)43)18-37(30)49(34(28)15-22)33-20-32(24-11-13-48-14-12-24)36(17-25(33)21-47)50-35-16-23(2)4-8-29(35)31-10-6-27(19-38(31)50)40(44,45)46;1-23-10-12-34-30(18-23)27-6-2-5-9-33(27)45(34)37-19-25(22-42)36(21-29(37)24-14-16-43-17-15-24)44-32-8-4-3-7-28(32)31-20-26(38(39,40)41)11-13-35(31)44;1-24-11-13-30-28-7-3-5-9-33(28)41(36(30)19-24)35-22-32(26-15-17-40-18-16-26)38(21-27(35)23-39)42-34-10-6-4-8-29(34)31-14-12-25(2)20-37(31)42/h3-20H,1-2H3;2-21H,1H3;3-22H,1-2H3. The minimum absolute atomic E-state index is 0.116. The van der Waals surface area contributed by atoms with E-state index in [4.69, 9.17) is 0 Å². The number of alkyl halides is 9. The van der Waals surface area contributed by atoms with E-state index in [2.05, 4.69) is 195 Å². The van der Waals surface area contributed by atoms with Crippen molar-refractivity contribution >= 4 is 131 Å². The van der Waals surface area contributed by atoms with Crippen molar-refractivity contribution in [3.63, 3.8) is 0 Å². The molecular weight excluding hydrogens is 1730 g/mol. The molecule has 0 atom stereocenters. The highest BCUT2D eigenvalue weighted by Crippen LogP contribution is 2.49. The highest BCUT2D eigenvalue weighted by Gasteiger charge is 2.36. The van der Waals surface area contributed by atoms with Gasteiger partial charge in [0.2, 0.25) is 0 Å². The van der Waals surface area contributed by atoms with Crippen molar-refractivity contribution in [3.05, 3.63) is 414 Å². The van der Waals surface area contributed by atoms with Crippen molar-refractivity contribution in [3.8, 4) is 85.7 Å². The smallest absolute Gasteiger partial charge is 0.309 e. The zero-order valence-corrected chi connectivity index (χ0v) is 73.8. The summed E-state index contributed by atoms with van der Waals surface area (Å²) in [7, 11) is 0. The number of aryl methyl sites for hydroxylation is 5. The maximum atomic E-state index is 14.1. The first-order valence-corrected chi connectivity index (χ1v) is 44.1. The number of rotatable bonds is 9. The third kappa shape index (κ3) is 14.3. The predicted octanol–water partition coefficient (Wildman–Crippen LogP) is 31.0. The zero-order valence-electron chi connectivity index (χ0n) is 73.8. The van der Waals surface area contributed by atoms with E-state index in [9.17, 15) is 55.3 Å². The predicted molar refractivity (Wildman–Crippen MR) is 528 cm³/mol. The van der Waals surface area contributed by atoms with E-state index >= 15 is 0 Å². The SMILES string of the molecule is Cc1ccc2c(c1)c1ccccc1n2-c1cc(C#N)c(-n2c3ccccc3c3cc(C(F)(F)F)ccc32)cc1-c1ccncc1.Cc1ccc2c3ccc(C(F)(F)F)cc3n(-c3cc(-c4ccncc4)c(-n4c5cc(C)ccc5c5ccc(C(F)(F)F)cc54)cc3C#N)c2c1.Cc1ccc2c3ccccc3n(-c3cc(-c4ccncc4)c(-n4c5ccccc5c5ccc(C)cc54)cc3C#N)c2c1. The van der Waals surface area contributed by atoms with E-state index in [0.717, 1.165) is 136 Å². The van der Waals surface area contributed by atoms with Gasteiger partial charge in [-0.25, -0.2) is 0 Å². The van der Waals surface area contributed by atoms with Crippen LogP contribution in [0.25, 0.3) is 198 Å². The lowest BCUT2D eigenvalue weighted by Gasteiger charge is -2.19. The summed E-state index contributed by atoms with van der Waals surface area (Å²) in [6.07, 6.45) is -3.43. The monoisotopic (exact) mass is 1800 g/mol. The number of hydrogen-bond acceptors (Lipinski definition) is 6. The maximum Gasteiger partial charge on any atom is 0.416 e. The molecule has 15 aromatic carbocycles. The van der Waals surface area contributed by atoms with E-state index in [0.29, 0.717) is 88.3 Å². The second-order valence-corrected chi connectivity index (χ2v) is 34.6. The van der Waals surface area contributed by atoms with Gasteiger partial charge in [0, 0.05) is 119 Å². The first kappa shape index (κ1) is 84.9. The molecule has 0 amide bonds. The molecule has 9 aromatic heterocycles. The van der Waals surface area contributed by atoms with Crippen LogP contribution in [0.3, 0.4) is 0 Å². The quantitative estimate of drug-likeness (QED) is 0.132. The summed E-state index contributed by atoms with van der Waals surface area (Å²) in [5, 5.41) is 42.7. The normalized spacial score (nSPS) is 12.0. The molecule has 0 aliphatic rings. The Morgan fingerprint density at radius 2 is 0.423 bits per heavy atom. The molecule has 21 heteroatoms. The first-order valence-electron chi connectivity index (χ1n) is 44.1. The van der Waals surface area contributed by atoms with E-state index in [1.54, 1.807) is 58.2 Å². The highest BCUT2D eigenvalue weighted by atomic mass is 19.4. The van der Waals surface area contributed by atoms with Crippen molar-refractivity contribution in [2.24, 2.45) is 0 Å². The number of pyridine rings is 3. The Balaban J connectivity index is 0.000000119. The van der Waals surface area contributed by atoms with Crippen LogP contribution in [0.4, 0.5) is 39.5 Å². The molecule has 137 heavy (non-hydrogen) atoms. The van der Waals surface area contributed by atoms with Gasteiger partial charge in [0.05, 0.1) is 134 Å². The molecule has 0 radical (unpaired) electrons. The topological polar surface area (TPSA) is 140 Å². The molecule has 0 bridgehead atoms. The number of benzene rings is 15. The molecule has 0 fully saturated rings. The van der Waals surface area contributed by atoms with Crippen molar-refractivity contribution in [2.75, 3.05) is 0 Å². The van der Waals surface area contributed by atoms with Crippen LogP contribution in [-0.4, -0.2) is 42.4 Å². The van der Waals surface area contributed by atoms with Crippen LogP contribution < -0.4 is 0 Å². The van der Waals surface area contributed by atoms with Gasteiger partial charge in [0.15, 0.2) is 0 Å². The first-order chi connectivity index (χ1) is 66.3. The molecule has 0 unspecified atom stereocenters. The van der Waals surface area contributed by atoms with Crippen LogP contribution in [-0.2, 0) is 18.5 Å². The van der Waals surface area contributed by atoms with Gasteiger partial charge < -0.3 is 27.4 Å². The minimum atomic E-state index is -4.61. The number of fused-ring (bicyclic) bond motifs is 18. The third-order valence-electron chi connectivity index (χ3n) is 26.1. The number of halogens is 9. The Morgan fingerprint density at radius 3 is 0.752 bits per heavy atom. The summed E-state index contributed by atoms with van der Waals surface area (Å²) in [5.41, 5.74) is 22.5. The molecule has 0 spiro atoms. The number of para-hydroxylation sites is 4. The molecule has 660 valence electrons. The molecule has 0 saturated carbocycles. The summed E-state index contributed by atoms with van der Waals surface area (Å²) < 4.78 is 138. The van der Waals surface area contributed by atoms with Gasteiger partial charge in [-0.05, 0) is 249 Å². The Kier molecular flexibility index (Phi) is 20.3. The van der Waals surface area contributed by atoms with Crippen LogP contribution >= 0.6 is 0 Å². The lowest BCUT2D eigenvalue weighted by molar-refractivity contribution is -0.138. The summed E-state index contributed by atoms with van der Waals surface area (Å²) >= 11 is 0. The second kappa shape index (κ2) is 32.7. The van der Waals surface area contributed by atoms with Gasteiger partial charge in [-0.2, -0.15) is 55.3 Å². The summed E-state index contributed by atoms with van der Waals surface area (Å²) in [6.45, 7) is 10.1. The third-order valence-corrected chi connectivity index (χ3v) is 26.1. The lowest BCUT2D eigenvalue weighted by Crippen LogP contribution is -2.07. The van der Waals surface area contributed by atoms with Crippen LogP contribution in [0.1, 0.15) is 61.2 Å². The average Bonchev–Trinajstić information content (AvgIpc) is 1.57. The van der Waals surface area contributed by atoms with E-state index < -0.39 is 35.2 Å². The maximum absolute atomic E-state index is 14.1. The average molecular weight is 1810 g/mol. The van der Waals surface area contributed by atoms with Crippen molar-refractivity contribution in [1.82, 2.24) is 42.4 Å². The Labute approximate surface area is 776 Å². The van der Waals surface area contributed by atoms with Gasteiger partial charge in [0.25, 0.3) is 0 Å². The van der Waals surface area contributed by atoms with E-state index in [1.165, 1.54) is 56.9 Å². The van der Waals surface area contributed by atoms with Gasteiger partial charge in [-0.15, -0.1) is 0 Å². The Hall–Kier alpha value is -17.6. The van der Waals surface area contributed by atoms with Gasteiger partial charge in [0.1, 0.15) is 18.2 Å².